The lowest BCUT2D eigenvalue weighted by atomic mass is 9.43. The molecule has 3 heteroatoms. The van der Waals surface area contributed by atoms with Gasteiger partial charge in [0.2, 0.25) is 0 Å². The minimum absolute atomic E-state index is 0.247. The van der Waals surface area contributed by atoms with E-state index in [9.17, 15) is 5.11 Å². The molecule has 0 aromatic carbocycles. The summed E-state index contributed by atoms with van der Waals surface area (Å²) in [6, 6.07) is 3.69. The quantitative estimate of drug-likeness (QED) is 0.889. The Morgan fingerprint density at radius 2 is 1.95 bits per heavy atom. The zero-order valence-corrected chi connectivity index (χ0v) is 13.2. The average molecular weight is 289 g/mol. The first-order chi connectivity index (χ1) is 9.90. The van der Waals surface area contributed by atoms with Crippen LogP contribution in [0.2, 0.25) is 0 Å². The van der Waals surface area contributed by atoms with Crippen LogP contribution >= 0.6 is 0 Å². The van der Waals surface area contributed by atoms with Crippen LogP contribution in [0.1, 0.15) is 64.2 Å². The van der Waals surface area contributed by atoms with Crippen molar-refractivity contribution < 1.29 is 9.52 Å². The lowest BCUT2D eigenvalue weighted by molar-refractivity contribution is -0.119. The van der Waals surface area contributed by atoms with Crippen LogP contribution in [0.3, 0.4) is 0 Å². The number of aliphatic hydroxyl groups excluding tert-OH is 1. The molecule has 0 saturated heterocycles. The molecule has 0 spiro atoms. The molecule has 4 fully saturated rings. The molecule has 5 rings (SSSR count). The van der Waals surface area contributed by atoms with Gasteiger partial charge in [-0.1, -0.05) is 13.8 Å². The fourth-order valence-electron chi connectivity index (χ4n) is 6.54. The molecular weight excluding hydrogens is 262 g/mol. The molecule has 1 heterocycles. The van der Waals surface area contributed by atoms with Crippen molar-refractivity contribution in [3.05, 3.63) is 24.2 Å². The lowest BCUT2D eigenvalue weighted by Gasteiger charge is -2.65. The highest BCUT2D eigenvalue weighted by atomic mass is 16.4. The molecular formula is C18H27NO2. The van der Waals surface area contributed by atoms with Gasteiger partial charge in [-0.05, 0) is 67.4 Å². The van der Waals surface area contributed by atoms with Crippen molar-refractivity contribution in [2.24, 2.45) is 16.7 Å². The topological polar surface area (TPSA) is 45.4 Å². The fraction of sp³-hybridized carbons (Fsp3) is 0.778. The van der Waals surface area contributed by atoms with E-state index in [1.807, 2.05) is 12.1 Å². The SMILES string of the molecule is CC12CC3CC(C)(C1)CC(NCC(O)c1ccco1)(C3)C2. The molecule has 21 heavy (non-hydrogen) atoms. The maximum atomic E-state index is 10.3. The first-order valence-electron chi connectivity index (χ1n) is 8.36. The Kier molecular flexibility index (Phi) is 2.87. The van der Waals surface area contributed by atoms with Crippen molar-refractivity contribution in [1.29, 1.82) is 0 Å². The summed E-state index contributed by atoms with van der Waals surface area (Å²) in [4.78, 5) is 0. The number of β-amino-alcohol motifs (C(OH)–C–C–N with tert-alkyl or cyclic N) is 1. The van der Waals surface area contributed by atoms with Crippen LogP contribution in [0.4, 0.5) is 0 Å². The molecule has 3 atom stereocenters. The smallest absolute Gasteiger partial charge is 0.133 e. The number of hydrogen-bond acceptors (Lipinski definition) is 3. The molecule has 1 aromatic heterocycles. The highest BCUT2D eigenvalue weighted by Crippen LogP contribution is 2.66. The van der Waals surface area contributed by atoms with Crippen LogP contribution < -0.4 is 5.32 Å². The maximum Gasteiger partial charge on any atom is 0.133 e. The summed E-state index contributed by atoms with van der Waals surface area (Å²) in [5.74, 6) is 1.55. The second-order valence-electron chi connectivity index (χ2n) is 8.82. The Morgan fingerprint density at radius 3 is 2.52 bits per heavy atom. The molecule has 0 radical (unpaired) electrons. The van der Waals surface area contributed by atoms with E-state index >= 15 is 0 Å². The molecule has 116 valence electrons. The molecule has 2 N–H and O–H groups in total. The van der Waals surface area contributed by atoms with Crippen molar-refractivity contribution in [2.45, 2.75) is 64.0 Å². The van der Waals surface area contributed by atoms with Gasteiger partial charge in [-0.15, -0.1) is 0 Å². The predicted octanol–water partition coefficient (Wildman–Crippen LogP) is 3.65. The third-order valence-electron chi connectivity index (χ3n) is 6.17. The molecule has 4 bridgehead atoms. The summed E-state index contributed by atoms with van der Waals surface area (Å²) in [5.41, 5.74) is 1.27. The van der Waals surface area contributed by atoms with E-state index in [-0.39, 0.29) is 5.54 Å². The summed E-state index contributed by atoms with van der Waals surface area (Å²) >= 11 is 0. The van der Waals surface area contributed by atoms with E-state index in [0.717, 1.165) is 5.92 Å². The van der Waals surface area contributed by atoms with Crippen LogP contribution in [0.25, 0.3) is 0 Å². The van der Waals surface area contributed by atoms with Crippen molar-refractivity contribution in [3.63, 3.8) is 0 Å². The van der Waals surface area contributed by atoms with Gasteiger partial charge in [0.1, 0.15) is 11.9 Å². The number of rotatable bonds is 4. The van der Waals surface area contributed by atoms with Crippen molar-refractivity contribution in [3.8, 4) is 0 Å². The summed E-state index contributed by atoms with van der Waals surface area (Å²) in [6.07, 6.45) is 9.15. The Bertz CT molecular complexity index is 505. The molecule has 3 nitrogen and oxygen atoms in total. The third kappa shape index (κ3) is 2.35. The van der Waals surface area contributed by atoms with E-state index in [1.54, 1.807) is 6.26 Å². The van der Waals surface area contributed by atoms with Crippen LogP contribution in [-0.2, 0) is 0 Å². The Balaban J connectivity index is 1.50. The molecule has 0 aliphatic heterocycles. The van der Waals surface area contributed by atoms with E-state index < -0.39 is 6.10 Å². The molecule has 3 unspecified atom stereocenters. The van der Waals surface area contributed by atoms with E-state index in [4.69, 9.17) is 4.42 Å². The number of aliphatic hydroxyl groups is 1. The third-order valence-corrected chi connectivity index (χ3v) is 6.17. The second-order valence-corrected chi connectivity index (χ2v) is 8.82. The average Bonchev–Trinajstić information content (AvgIpc) is 2.85. The molecule has 0 amide bonds. The van der Waals surface area contributed by atoms with E-state index in [1.165, 1.54) is 38.5 Å². The normalized spacial score (nSPS) is 46.0. The highest BCUT2D eigenvalue weighted by molar-refractivity contribution is 5.14. The van der Waals surface area contributed by atoms with E-state index in [0.29, 0.717) is 23.1 Å². The summed E-state index contributed by atoms with van der Waals surface area (Å²) in [5, 5.41) is 14.0. The monoisotopic (exact) mass is 289 g/mol. The van der Waals surface area contributed by atoms with Crippen LogP contribution in [0.5, 0.6) is 0 Å². The predicted molar refractivity (Wildman–Crippen MR) is 81.8 cm³/mol. The molecule has 4 aliphatic rings. The zero-order chi connectivity index (χ0) is 14.7. The molecule has 4 saturated carbocycles. The largest absolute Gasteiger partial charge is 0.467 e. The fourth-order valence-corrected chi connectivity index (χ4v) is 6.54. The lowest BCUT2D eigenvalue weighted by Crippen LogP contribution is -2.64. The van der Waals surface area contributed by atoms with Crippen LogP contribution in [-0.4, -0.2) is 17.2 Å². The minimum atomic E-state index is -0.534. The number of hydrogen-bond donors (Lipinski definition) is 2. The van der Waals surface area contributed by atoms with Gasteiger partial charge in [-0.2, -0.15) is 0 Å². The van der Waals surface area contributed by atoms with Gasteiger partial charge in [-0.3, -0.25) is 0 Å². The Morgan fingerprint density at radius 1 is 1.24 bits per heavy atom. The maximum absolute atomic E-state index is 10.3. The number of nitrogens with one attached hydrogen (secondary N) is 1. The number of furan rings is 1. The zero-order valence-electron chi connectivity index (χ0n) is 13.2. The summed E-state index contributed by atoms with van der Waals surface area (Å²) < 4.78 is 5.32. The van der Waals surface area contributed by atoms with Gasteiger partial charge in [-0.25, -0.2) is 0 Å². The standard InChI is InChI=1S/C18H27NO2/c1-16-6-13-7-17(2,10-16)12-18(8-13,11-16)19-9-14(20)15-4-3-5-21-15/h3-5,13-14,19-20H,6-12H2,1-2H3. The summed E-state index contributed by atoms with van der Waals surface area (Å²) in [7, 11) is 0. The highest BCUT2D eigenvalue weighted by Gasteiger charge is 2.59. The van der Waals surface area contributed by atoms with Crippen LogP contribution in [0.15, 0.2) is 22.8 Å². The van der Waals surface area contributed by atoms with Gasteiger partial charge >= 0.3 is 0 Å². The first-order valence-corrected chi connectivity index (χ1v) is 8.36. The van der Waals surface area contributed by atoms with Gasteiger partial charge in [0.15, 0.2) is 0 Å². The van der Waals surface area contributed by atoms with Crippen molar-refractivity contribution >= 4 is 0 Å². The second kappa shape index (κ2) is 4.36. The van der Waals surface area contributed by atoms with Gasteiger partial charge in [0.25, 0.3) is 0 Å². The minimum Gasteiger partial charge on any atom is -0.467 e. The van der Waals surface area contributed by atoms with E-state index in [2.05, 4.69) is 19.2 Å². The van der Waals surface area contributed by atoms with Crippen LogP contribution in [0, 0.1) is 16.7 Å². The summed E-state index contributed by atoms with van der Waals surface area (Å²) in [6.45, 7) is 5.57. The van der Waals surface area contributed by atoms with Gasteiger partial charge in [0, 0.05) is 12.1 Å². The Labute approximate surface area is 127 Å². The molecule has 1 aromatic rings. The molecule has 4 aliphatic carbocycles. The van der Waals surface area contributed by atoms with Gasteiger partial charge < -0.3 is 14.8 Å². The Hall–Kier alpha value is -0.800. The van der Waals surface area contributed by atoms with Crippen molar-refractivity contribution in [1.82, 2.24) is 5.32 Å². The first kappa shape index (κ1) is 13.8. The van der Waals surface area contributed by atoms with Crippen molar-refractivity contribution in [2.75, 3.05) is 6.54 Å². The van der Waals surface area contributed by atoms with Gasteiger partial charge in [0.05, 0.1) is 6.26 Å².